The Morgan fingerprint density at radius 2 is 1.79 bits per heavy atom. The first-order chi connectivity index (χ1) is 13.4. The number of carbonyl (C=O) groups excluding carboxylic acids is 3. The van der Waals surface area contributed by atoms with E-state index in [2.05, 4.69) is 5.32 Å². The summed E-state index contributed by atoms with van der Waals surface area (Å²) >= 11 is 5.86. The highest BCUT2D eigenvalue weighted by Gasteiger charge is 2.48. The molecule has 0 spiro atoms. The molecule has 142 valence electrons. The molecule has 1 heterocycles. The summed E-state index contributed by atoms with van der Waals surface area (Å²) in [4.78, 5) is 39.5. The predicted molar refractivity (Wildman–Crippen MR) is 108 cm³/mol. The lowest BCUT2D eigenvalue weighted by molar-refractivity contribution is -0.122. The van der Waals surface area contributed by atoms with Crippen LogP contribution in [0.2, 0.25) is 5.02 Å². The van der Waals surface area contributed by atoms with Gasteiger partial charge in [0, 0.05) is 16.3 Å². The number of halogens is 1. The number of rotatable bonds is 3. The lowest BCUT2D eigenvalue weighted by Gasteiger charge is -2.18. The lowest BCUT2D eigenvalue weighted by Crippen LogP contribution is -2.31. The van der Waals surface area contributed by atoms with E-state index >= 15 is 0 Å². The summed E-state index contributed by atoms with van der Waals surface area (Å²) in [6.07, 6.45) is 3.24. The predicted octanol–water partition coefficient (Wildman–Crippen LogP) is 4.44. The van der Waals surface area contributed by atoms with Crippen molar-refractivity contribution >= 4 is 40.7 Å². The molecule has 2 aliphatic rings. The molecule has 0 saturated carbocycles. The third-order valence-corrected chi connectivity index (χ3v) is 5.54. The minimum absolute atomic E-state index is 0.183. The second kappa shape index (κ2) is 7.24. The molecule has 0 unspecified atom stereocenters. The molecule has 1 fully saturated rings. The normalized spacial score (nSPS) is 21.4. The van der Waals surface area contributed by atoms with Crippen molar-refractivity contribution in [1.29, 1.82) is 0 Å². The standard InChI is InChI=1S/C22H19ClN2O3/c1-13-5-10-18-19(11-13)22(28)25(21(18)27)17-4-2-3-14(12-17)20(26)24-16-8-6-15(23)7-9-16/h2-9,12,18-19H,10-11H2,1H3,(H,24,26)/t18-,19-/m1/s1. The van der Waals surface area contributed by atoms with Gasteiger partial charge < -0.3 is 5.32 Å². The monoisotopic (exact) mass is 394 g/mol. The summed E-state index contributed by atoms with van der Waals surface area (Å²) in [5.41, 5.74) is 2.56. The van der Waals surface area contributed by atoms with E-state index in [1.807, 2.05) is 13.0 Å². The fraction of sp³-hybridized carbons (Fsp3) is 0.227. The fourth-order valence-electron chi connectivity index (χ4n) is 3.81. The fourth-order valence-corrected chi connectivity index (χ4v) is 3.94. The van der Waals surface area contributed by atoms with E-state index < -0.39 is 0 Å². The summed E-state index contributed by atoms with van der Waals surface area (Å²) in [6, 6.07) is 13.4. The molecule has 2 atom stereocenters. The van der Waals surface area contributed by atoms with Gasteiger partial charge in [0.2, 0.25) is 11.8 Å². The van der Waals surface area contributed by atoms with Gasteiger partial charge in [-0.15, -0.1) is 0 Å². The summed E-state index contributed by atoms with van der Waals surface area (Å²) in [6.45, 7) is 1.98. The average molecular weight is 395 g/mol. The highest BCUT2D eigenvalue weighted by atomic mass is 35.5. The van der Waals surface area contributed by atoms with Crippen LogP contribution >= 0.6 is 11.6 Å². The van der Waals surface area contributed by atoms with Crippen molar-refractivity contribution in [2.45, 2.75) is 19.8 Å². The molecule has 5 nitrogen and oxygen atoms in total. The zero-order valence-corrected chi connectivity index (χ0v) is 16.1. The number of nitrogens with one attached hydrogen (secondary N) is 1. The maximum absolute atomic E-state index is 12.9. The summed E-state index contributed by atoms with van der Waals surface area (Å²) in [7, 11) is 0. The van der Waals surface area contributed by atoms with E-state index in [4.69, 9.17) is 11.6 Å². The Bertz CT molecular complexity index is 997. The molecule has 2 aromatic rings. The number of fused-ring (bicyclic) bond motifs is 1. The first-order valence-electron chi connectivity index (χ1n) is 9.14. The van der Waals surface area contributed by atoms with E-state index in [0.717, 1.165) is 5.57 Å². The Labute approximate surface area is 168 Å². The quantitative estimate of drug-likeness (QED) is 0.618. The minimum atomic E-state index is -0.321. The Hall–Kier alpha value is -2.92. The van der Waals surface area contributed by atoms with Crippen molar-refractivity contribution in [3.8, 4) is 0 Å². The highest BCUT2D eigenvalue weighted by Crippen LogP contribution is 2.39. The first kappa shape index (κ1) is 18.4. The number of anilines is 2. The number of benzene rings is 2. The van der Waals surface area contributed by atoms with E-state index in [1.165, 1.54) is 4.90 Å². The molecule has 2 aromatic carbocycles. The summed E-state index contributed by atoms with van der Waals surface area (Å²) in [5, 5.41) is 3.37. The minimum Gasteiger partial charge on any atom is -0.322 e. The number of imide groups is 1. The van der Waals surface area contributed by atoms with Crippen LogP contribution in [0.25, 0.3) is 0 Å². The maximum Gasteiger partial charge on any atom is 0.255 e. The molecule has 1 aliphatic heterocycles. The van der Waals surface area contributed by atoms with Gasteiger partial charge in [-0.1, -0.05) is 29.3 Å². The van der Waals surface area contributed by atoms with Gasteiger partial charge in [-0.05, 0) is 62.2 Å². The molecule has 1 N–H and O–H groups in total. The third kappa shape index (κ3) is 3.34. The second-order valence-electron chi connectivity index (χ2n) is 7.23. The van der Waals surface area contributed by atoms with Crippen LogP contribution in [0.4, 0.5) is 11.4 Å². The molecule has 6 heteroatoms. The van der Waals surface area contributed by atoms with Gasteiger partial charge in [0.05, 0.1) is 17.5 Å². The smallest absolute Gasteiger partial charge is 0.255 e. The van der Waals surface area contributed by atoms with Crippen molar-refractivity contribution in [2.24, 2.45) is 11.8 Å². The molecular formula is C22H19ClN2O3. The van der Waals surface area contributed by atoms with Crippen molar-refractivity contribution < 1.29 is 14.4 Å². The van der Waals surface area contributed by atoms with E-state index in [-0.39, 0.29) is 29.6 Å². The van der Waals surface area contributed by atoms with Crippen LogP contribution in [0.5, 0.6) is 0 Å². The summed E-state index contributed by atoms with van der Waals surface area (Å²) < 4.78 is 0. The number of carbonyl (C=O) groups is 3. The molecule has 3 amide bonds. The van der Waals surface area contributed by atoms with Gasteiger partial charge in [0.25, 0.3) is 5.91 Å². The van der Waals surface area contributed by atoms with Gasteiger partial charge in [0.15, 0.2) is 0 Å². The Balaban J connectivity index is 1.57. The first-order valence-corrected chi connectivity index (χ1v) is 9.52. The zero-order valence-electron chi connectivity index (χ0n) is 15.3. The topological polar surface area (TPSA) is 66.5 Å². The van der Waals surface area contributed by atoms with E-state index in [9.17, 15) is 14.4 Å². The van der Waals surface area contributed by atoms with Crippen LogP contribution < -0.4 is 10.2 Å². The van der Waals surface area contributed by atoms with Crippen LogP contribution in [0.1, 0.15) is 30.1 Å². The van der Waals surface area contributed by atoms with E-state index in [1.54, 1.807) is 48.5 Å². The number of hydrogen-bond donors (Lipinski definition) is 1. The number of allylic oxidation sites excluding steroid dienone is 2. The van der Waals surface area contributed by atoms with Crippen LogP contribution in [0.15, 0.2) is 60.2 Å². The molecular weight excluding hydrogens is 376 g/mol. The molecule has 0 radical (unpaired) electrons. The Morgan fingerprint density at radius 3 is 2.54 bits per heavy atom. The molecule has 1 saturated heterocycles. The van der Waals surface area contributed by atoms with Gasteiger partial charge in [-0.3, -0.25) is 19.3 Å². The molecule has 4 rings (SSSR count). The third-order valence-electron chi connectivity index (χ3n) is 5.29. The van der Waals surface area contributed by atoms with Crippen molar-refractivity contribution in [1.82, 2.24) is 0 Å². The maximum atomic E-state index is 12.9. The van der Waals surface area contributed by atoms with Crippen molar-refractivity contribution in [3.63, 3.8) is 0 Å². The van der Waals surface area contributed by atoms with Crippen LogP contribution in [-0.2, 0) is 9.59 Å². The molecule has 1 aliphatic carbocycles. The van der Waals surface area contributed by atoms with Crippen LogP contribution in [0, 0.1) is 11.8 Å². The number of amides is 3. The van der Waals surface area contributed by atoms with Gasteiger partial charge in [-0.2, -0.15) is 0 Å². The highest BCUT2D eigenvalue weighted by molar-refractivity contribution is 6.30. The van der Waals surface area contributed by atoms with Gasteiger partial charge >= 0.3 is 0 Å². The van der Waals surface area contributed by atoms with Crippen LogP contribution in [-0.4, -0.2) is 17.7 Å². The Morgan fingerprint density at radius 1 is 1.07 bits per heavy atom. The Kier molecular flexibility index (Phi) is 4.77. The number of nitrogens with zero attached hydrogens (tertiary/aromatic N) is 1. The SMILES string of the molecule is CC1=CC[C@H]2C(=O)N(c3cccc(C(=O)Nc4ccc(Cl)cc4)c3)C(=O)[C@@H]2C1. The van der Waals surface area contributed by atoms with Gasteiger partial charge in [0.1, 0.15) is 0 Å². The zero-order chi connectivity index (χ0) is 19.8. The summed E-state index contributed by atoms with van der Waals surface area (Å²) in [5.74, 6) is -1.29. The van der Waals surface area contributed by atoms with Crippen molar-refractivity contribution in [2.75, 3.05) is 10.2 Å². The lowest BCUT2D eigenvalue weighted by atomic mass is 9.82. The van der Waals surface area contributed by atoms with Crippen LogP contribution in [0.3, 0.4) is 0 Å². The van der Waals surface area contributed by atoms with E-state index in [0.29, 0.717) is 34.8 Å². The average Bonchev–Trinajstić information content (AvgIpc) is 2.93. The molecule has 0 bridgehead atoms. The largest absolute Gasteiger partial charge is 0.322 e. The van der Waals surface area contributed by atoms with Gasteiger partial charge in [-0.25, -0.2) is 0 Å². The second-order valence-corrected chi connectivity index (χ2v) is 7.66. The molecule has 28 heavy (non-hydrogen) atoms. The van der Waals surface area contributed by atoms with Crippen molar-refractivity contribution in [3.05, 3.63) is 70.8 Å². The molecule has 0 aromatic heterocycles. The number of hydrogen-bond acceptors (Lipinski definition) is 3.